The van der Waals surface area contributed by atoms with Gasteiger partial charge in [-0.1, -0.05) is 40.2 Å². The maximum absolute atomic E-state index is 14.2. The van der Waals surface area contributed by atoms with E-state index in [1.165, 1.54) is 6.07 Å². The van der Waals surface area contributed by atoms with Gasteiger partial charge in [0.1, 0.15) is 0 Å². The van der Waals surface area contributed by atoms with Gasteiger partial charge in [0.05, 0.1) is 6.61 Å². The van der Waals surface area contributed by atoms with E-state index in [1.54, 1.807) is 18.2 Å². The van der Waals surface area contributed by atoms with Crippen LogP contribution in [0.5, 0.6) is 0 Å². The molecule has 1 aliphatic rings. The van der Waals surface area contributed by atoms with Crippen LogP contribution in [0.25, 0.3) is 0 Å². The zero-order valence-electron chi connectivity index (χ0n) is 7.59. The Morgan fingerprint density at radius 3 is 2.73 bits per heavy atom. The molecule has 0 fully saturated rings. The first kappa shape index (κ1) is 11.0. The zero-order chi connectivity index (χ0) is 11.1. The molecule has 0 aliphatic carbocycles. The van der Waals surface area contributed by atoms with Crippen LogP contribution in [0.1, 0.15) is 11.1 Å². The van der Waals surface area contributed by atoms with Crippen molar-refractivity contribution in [2.75, 3.05) is 0 Å². The quantitative estimate of drug-likeness (QED) is 0.717. The molecule has 1 aliphatic heterocycles. The van der Waals surface area contributed by atoms with Crippen LogP contribution in [0.3, 0.4) is 0 Å². The fraction of sp³-hybridized carbons (Fsp3) is 0.400. The van der Waals surface area contributed by atoms with Crippen molar-refractivity contribution in [1.82, 2.24) is 0 Å². The van der Waals surface area contributed by atoms with Crippen LogP contribution in [-0.2, 0) is 17.0 Å². The third-order valence-corrected chi connectivity index (χ3v) is 3.39. The molecule has 0 radical (unpaired) electrons. The molecule has 15 heavy (non-hydrogen) atoms. The van der Waals surface area contributed by atoms with Crippen LogP contribution >= 0.6 is 15.9 Å². The van der Waals surface area contributed by atoms with Crippen LogP contribution in [0.15, 0.2) is 24.3 Å². The summed E-state index contributed by atoms with van der Waals surface area (Å²) in [5.41, 5.74) is -2.29. The van der Waals surface area contributed by atoms with Crippen molar-refractivity contribution in [3.63, 3.8) is 0 Å². The SMILES string of the molecule is FC(F)C1(F)c2ccccc2COC1Br. The maximum Gasteiger partial charge on any atom is 0.279 e. The largest absolute Gasteiger partial charge is 0.358 e. The van der Waals surface area contributed by atoms with Gasteiger partial charge in [-0.2, -0.15) is 0 Å². The van der Waals surface area contributed by atoms with Crippen molar-refractivity contribution in [1.29, 1.82) is 0 Å². The van der Waals surface area contributed by atoms with Gasteiger partial charge in [0.25, 0.3) is 6.43 Å². The number of hydrogen-bond acceptors (Lipinski definition) is 1. The minimum Gasteiger partial charge on any atom is -0.358 e. The summed E-state index contributed by atoms with van der Waals surface area (Å²) >= 11 is 2.80. The predicted octanol–water partition coefficient (Wildman–Crippen LogP) is 3.37. The molecule has 0 spiro atoms. The standard InChI is InChI=1S/C10H8BrF3O/c11-8-10(14,9(12)13)7-4-2-1-3-6(7)5-15-8/h1-4,8-9H,5H2. The van der Waals surface area contributed by atoms with E-state index < -0.39 is 17.1 Å². The minimum atomic E-state index is -3.12. The molecule has 82 valence electrons. The molecule has 1 heterocycles. The topological polar surface area (TPSA) is 9.23 Å². The Balaban J connectivity index is 2.55. The molecule has 1 aromatic carbocycles. The minimum absolute atomic E-state index is 0.00752. The van der Waals surface area contributed by atoms with Crippen molar-refractivity contribution in [2.45, 2.75) is 23.7 Å². The molecule has 0 N–H and O–H groups in total. The summed E-state index contributed by atoms with van der Waals surface area (Å²) in [5.74, 6) is 0. The second-order valence-corrected chi connectivity index (χ2v) is 4.18. The first-order valence-corrected chi connectivity index (χ1v) is 5.29. The van der Waals surface area contributed by atoms with Gasteiger partial charge in [-0.25, -0.2) is 13.2 Å². The van der Waals surface area contributed by atoms with Gasteiger partial charge in [-0.15, -0.1) is 0 Å². The maximum atomic E-state index is 14.2. The number of ether oxygens (including phenoxy) is 1. The van der Waals surface area contributed by atoms with Crippen molar-refractivity contribution < 1.29 is 17.9 Å². The van der Waals surface area contributed by atoms with E-state index in [4.69, 9.17) is 4.74 Å². The molecule has 1 nitrogen and oxygen atoms in total. The molecule has 1 aromatic rings. The van der Waals surface area contributed by atoms with Crippen LogP contribution in [0.2, 0.25) is 0 Å². The molecule has 0 saturated carbocycles. The van der Waals surface area contributed by atoms with Crippen LogP contribution < -0.4 is 0 Å². The molecule has 0 amide bonds. The van der Waals surface area contributed by atoms with Crippen LogP contribution in [-0.4, -0.2) is 11.4 Å². The van der Waals surface area contributed by atoms with E-state index in [0.29, 0.717) is 5.56 Å². The van der Waals surface area contributed by atoms with Gasteiger partial charge < -0.3 is 4.74 Å². The first-order chi connectivity index (χ1) is 7.06. The Labute approximate surface area is 93.4 Å². The highest BCUT2D eigenvalue weighted by Gasteiger charge is 2.52. The normalized spacial score (nSPS) is 30.3. The average Bonchev–Trinajstić information content (AvgIpc) is 2.23. The Morgan fingerprint density at radius 2 is 2.07 bits per heavy atom. The third-order valence-electron chi connectivity index (χ3n) is 2.46. The number of halogens is 4. The molecule has 5 heteroatoms. The molecular weight excluding hydrogens is 273 g/mol. The summed E-state index contributed by atoms with van der Waals surface area (Å²) in [6.07, 6.45) is -3.12. The highest BCUT2D eigenvalue weighted by atomic mass is 79.9. The van der Waals surface area contributed by atoms with Crippen molar-refractivity contribution in [2.24, 2.45) is 0 Å². The molecule has 2 atom stereocenters. The van der Waals surface area contributed by atoms with Gasteiger partial charge in [0, 0.05) is 5.56 Å². The number of alkyl halides is 4. The zero-order valence-corrected chi connectivity index (χ0v) is 9.18. The fourth-order valence-electron chi connectivity index (χ4n) is 1.64. The Hall–Kier alpha value is -0.550. The number of benzene rings is 1. The van der Waals surface area contributed by atoms with E-state index in [0.717, 1.165) is 0 Å². The number of fused-ring (bicyclic) bond motifs is 1. The fourth-order valence-corrected chi connectivity index (χ4v) is 2.22. The monoisotopic (exact) mass is 280 g/mol. The highest BCUT2D eigenvalue weighted by Crippen LogP contribution is 2.45. The average molecular weight is 281 g/mol. The van der Waals surface area contributed by atoms with Crippen LogP contribution in [0, 0.1) is 0 Å². The molecule has 0 bridgehead atoms. The van der Waals surface area contributed by atoms with E-state index in [9.17, 15) is 13.2 Å². The van der Waals surface area contributed by atoms with E-state index in [2.05, 4.69) is 15.9 Å². The lowest BCUT2D eigenvalue weighted by Crippen LogP contribution is -2.43. The number of hydrogen-bond donors (Lipinski definition) is 0. The lowest BCUT2D eigenvalue weighted by Gasteiger charge is -2.35. The Kier molecular flexibility index (Phi) is 2.77. The van der Waals surface area contributed by atoms with E-state index >= 15 is 0 Å². The van der Waals surface area contributed by atoms with Gasteiger partial charge >= 0.3 is 0 Å². The lowest BCUT2D eigenvalue weighted by atomic mass is 9.90. The van der Waals surface area contributed by atoms with E-state index in [-0.39, 0.29) is 12.2 Å². The Morgan fingerprint density at radius 1 is 1.40 bits per heavy atom. The predicted molar refractivity (Wildman–Crippen MR) is 52.7 cm³/mol. The molecule has 0 saturated heterocycles. The van der Waals surface area contributed by atoms with E-state index in [1.807, 2.05) is 0 Å². The summed E-state index contributed by atoms with van der Waals surface area (Å²) in [6, 6.07) is 6.17. The second kappa shape index (κ2) is 3.79. The first-order valence-electron chi connectivity index (χ1n) is 4.38. The summed E-state index contributed by atoms with van der Waals surface area (Å²) in [4.78, 5) is 0. The molecular formula is C10H8BrF3O. The van der Waals surface area contributed by atoms with Gasteiger partial charge in [0.15, 0.2) is 5.01 Å². The van der Waals surface area contributed by atoms with Gasteiger partial charge in [-0.05, 0) is 5.56 Å². The second-order valence-electron chi connectivity index (χ2n) is 3.35. The molecule has 0 aromatic heterocycles. The van der Waals surface area contributed by atoms with Gasteiger partial charge in [-0.3, -0.25) is 0 Å². The molecule has 2 rings (SSSR count). The molecule has 2 unspecified atom stereocenters. The van der Waals surface area contributed by atoms with Crippen molar-refractivity contribution in [3.05, 3.63) is 35.4 Å². The smallest absolute Gasteiger partial charge is 0.279 e. The third kappa shape index (κ3) is 1.58. The lowest BCUT2D eigenvalue weighted by molar-refractivity contribution is -0.119. The summed E-state index contributed by atoms with van der Waals surface area (Å²) in [7, 11) is 0. The highest BCUT2D eigenvalue weighted by molar-refractivity contribution is 9.09. The van der Waals surface area contributed by atoms with Crippen LogP contribution in [0.4, 0.5) is 13.2 Å². The van der Waals surface area contributed by atoms with Gasteiger partial charge in [0.2, 0.25) is 5.67 Å². The van der Waals surface area contributed by atoms with Crippen molar-refractivity contribution in [3.8, 4) is 0 Å². The Bertz CT molecular complexity index is 371. The number of rotatable bonds is 1. The summed E-state index contributed by atoms with van der Waals surface area (Å²) in [5, 5.41) is -1.31. The summed E-state index contributed by atoms with van der Waals surface area (Å²) in [6.45, 7) is 0.143. The summed E-state index contributed by atoms with van der Waals surface area (Å²) < 4.78 is 44.6. The van der Waals surface area contributed by atoms with Crippen molar-refractivity contribution >= 4 is 15.9 Å².